The molecule has 0 atom stereocenters. The molecule has 0 bridgehead atoms. The summed E-state index contributed by atoms with van der Waals surface area (Å²) in [5.41, 5.74) is 5.42. The summed E-state index contributed by atoms with van der Waals surface area (Å²) in [5.74, 6) is 0.981. The lowest BCUT2D eigenvalue weighted by molar-refractivity contribution is 0.432. The Morgan fingerprint density at radius 3 is 2.41 bits per heavy atom. The highest BCUT2D eigenvalue weighted by Gasteiger charge is 2.13. The molecule has 0 aliphatic heterocycles. The highest BCUT2D eigenvalue weighted by molar-refractivity contribution is 5.53. The number of nitrogens with zero attached hydrogens (tertiary/aromatic N) is 4. The number of hydrogen-bond acceptors (Lipinski definition) is 5. The van der Waals surface area contributed by atoms with E-state index in [9.17, 15) is 0 Å². The first-order valence-corrected chi connectivity index (χ1v) is 8.90. The highest BCUT2D eigenvalue weighted by Crippen LogP contribution is 2.20. The molecule has 2 heterocycles. The predicted octanol–water partition coefficient (Wildman–Crippen LogP) is 4.21. The zero-order valence-electron chi connectivity index (χ0n) is 15.4. The number of hydrogen-bond donors (Lipinski definition) is 1. The van der Waals surface area contributed by atoms with E-state index in [1.165, 1.54) is 5.56 Å². The molecule has 4 rings (SSSR count). The molecule has 136 valence electrons. The first kappa shape index (κ1) is 17.0. The first-order valence-electron chi connectivity index (χ1n) is 8.90. The van der Waals surface area contributed by atoms with E-state index >= 15 is 0 Å². The molecule has 6 heteroatoms. The molecular weight excluding hydrogens is 338 g/mol. The molecule has 0 aliphatic rings. The Hall–Kier alpha value is -3.41. The van der Waals surface area contributed by atoms with Crippen LogP contribution in [-0.2, 0) is 13.1 Å². The summed E-state index contributed by atoms with van der Waals surface area (Å²) in [6.07, 6.45) is 0. The van der Waals surface area contributed by atoms with Gasteiger partial charge in [-0.1, -0.05) is 48.5 Å². The number of aromatic nitrogens is 4. The van der Waals surface area contributed by atoms with E-state index < -0.39 is 0 Å². The van der Waals surface area contributed by atoms with E-state index in [4.69, 9.17) is 4.52 Å². The molecule has 0 spiro atoms. The van der Waals surface area contributed by atoms with Crippen LogP contribution in [-0.4, -0.2) is 19.9 Å². The van der Waals surface area contributed by atoms with Gasteiger partial charge in [0, 0.05) is 23.4 Å². The Morgan fingerprint density at radius 2 is 1.67 bits per heavy atom. The number of anilines is 1. The van der Waals surface area contributed by atoms with E-state index in [1.54, 1.807) is 0 Å². The van der Waals surface area contributed by atoms with Crippen LogP contribution in [0.3, 0.4) is 0 Å². The molecule has 0 radical (unpaired) electrons. The van der Waals surface area contributed by atoms with Gasteiger partial charge in [0.2, 0.25) is 0 Å². The van der Waals surface area contributed by atoms with Crippen molar-refractivity contribution in [1.29, 1.82) is 0 Å². The summed E-state index contributed by atoms with van der Waals surface area (Å²) in [4.78, 5) is 4.41. The fourth-order valence-electron chi connectivity index (χ4n) is 3.06. The third-order valence-electron chi connectivity index (χ3n) is 4.58. The first-order chi connectivity index (χ1) is 13.2. The van der Waals surface area contributed by atoms with Gasteiger partial charge in [-0.05, 0) is 36.7 Å². The van der Waals surface area contributed by atoms with Crippen molar-refractivity contribution in [3.8, 4) is 11.5 Å². The molecule has 4 aromatic rings. The largest absolute Gasteiger partial charge is 0.347 e. The van der Waals surface area contributed by atoms with Gasteiger partial charge in [0.1, 0.15) is 0 Å². The van der Waals surface area contributed by atoms with Crippen molar-refractivity contribution >= 4 is 5.95 Å². The van der Waals surface area contributed by atoms with Crippen LogP contribution in [0.2, 0.25) is 0 Å². The number of benzene rings is 2. The third-order valence-corrected chi connectivity index (χ3v) is 4.58. The van der Waals surface area contributed by atoms with Crippen molar-refractivity contribution in [2.24, 2.45) is 0 Å². The Morgan fingerprint density at radius 1 is 0.963 bits per heavy atom. The van der Waals surface area contributed by atoms with Crippen LogP contribution in [0, 0.1) is 13.8 Å². The summed E-state index contributed by atoms with van der Waals surface area (Å²) < 4.78 is 7.37. The SMILES string of the molecule is Cc1nn(Cc2ccccc2)c(C)c1CNc1noc(-c2ccccc2)n1. The molecule has 2 aromatic carbocycles. The van der Waals surface area contributed by atoms with Gasteiger partial charge in [-0.15, -0.1) is 0 Å². The second-order valence-corrected chi connectivity index (χ2v) is 6.44. The second-order valence-electron chi connectivity index (χ2n) is 6.44. The van der Waals surface area contributed by atoms with Crippen LogP contribution in [0.1, 0.15) is 22.5 Å². The van der Waals surface area contributed by atoms with Gasteiger partial charge in [-0.25, -0.2) is 0 Å². The van der Waals surface area contributed by atoms with Gasteiger partial charge in [-0.2, -0.15) is 10.1 Å². The van der Waals surface area contributed by atoms with Crippen LogP contribution in [0.25, 0.3) is 11.5 Å². The summed E-state index contributed by atoms with van der Waals surface area (Å²) in [7, 11) is 0. The molecule has 0 amide bonds. The lowest BCUT2D eigenvalue weighted by Gasteiger charge is -2.06. The van der Waals surface area contributed by atoms with Crippen molar-refractivity contribution in [2.45, 2.75) is 26.9 Å². The number of aryl methyl sites for hydroxylation is 1. The van der Waals surface area contributed by atoms with Crippen LogP contribution in [0.5, 0.6) is 0 Å². The normalized spacial score (nSPS) is 10.9. The Kier molecular flexibility index (Phi) is 4.70. The maximum atomic E-state index is 5.34. The number of nitrogens with one attached hydrogen (secondary N) is 1. The minimum Gasteiger partial charge on any atom is -0.347 e. The number of rotatable bonds is 6. The van der Waals surface area contributed by atoms with Gasteiger partial charge < -0.3 is 9.84 Å². The fraction of sp³-hybridized carbons (Fsp3) is 0.190. The molecule has 1 N–H and O–H groups in total. The van der Waals surface area contributed by atoms with Crippen LogP contribution in [0.15, 0.2) is 65.2 Å². The summed E-state index contributed by atoms with van der Waals surface area (Å²) in [6, 6.07) is 20.1. The minimum atomic E-state index is 0.475. The Balaban J connectivity index is 1.47. The topological polar surface area (TPSA) is 68.8 Å². The zero-order valence-corrected chi connectivity index (χ0v) is 15.4. The smallest absolute Gasteiger partial charge is 0.264 e. The lowest BCUT2D eigenvalue weighted by atomic mass is 10.2. The molecule has 6 nitrogen and oxygen atoms in total. The standard InChI is InChI=1S/C21H21N5O/c1-15-19(16(2)26(24-15)14-17-9-5-3-6-10-17)13-22-21-23-20(27-25-21)18-11-7-4-8-12-18/h3-12H,13-14H2,1-2H3,(H,22,25). The van der Waals surface area contributed by atoms with Gasteiger partial charge in [0.05, 0.1) is 12.2 Å². The van der Waals surface area contributed by atoms with E-state index in [-0.39, 0.29) is 0 Å². The van der Waals surface area contributed by atoms with E-state index in [0.717, 1.165) is 29.1 Å². The summed E-state index contributed by atoms with van der Waals surface area (Å²) in [6.45, 7) is 5.47. The molecule has 27 heavy (non-hydrogen) atoms. The van der Waals surface area contributed by atoms with Crippen LogP contribution < -0.4 is 5.32 Å². The van der Waals surface area contributed by atoms with Crippen molar-refractivity contribution in [2.75, 3.05) is 5.32 Å². The molecule has 2 aromatic heterocycles. The van der Waals surface area contributed by atoms with Crippen LogP contribution in [0.4, 0.5) is 5.95 Å². The van der Waals surface area contributed by atoms with Gasteiger partial charge in [0.25, 0.3) is 11.8 Å². The average Bonchev–Trinajstić information content (AvgIpc) is 3.27. The summed E-state index contributed by atoms with van der Waals surface area (Å²) >= 11 is 0. The maximum Gasteiger partial charge on any atom is 0.264 e. The van der Waals surface area contributed by atoms with Gasteiger partial charge >= 0.3 is 0 Å². The van der Waals surface area contributed by atoms with Crippen LogP contribution >= 0.6 is 0 Å². The maximum absolute atomic E-state index is 5.34. The highest BCUT2D eigenvalue weighted by atomic mass is 16.5. The molecule has 0 fully saturated rings. The summed E-state index contributed by atoms with van der Waals surface area (Å²) in [5, 5.41) is 11.9. The molecule has 0 unspecified atom stereocenters. The van der Waals surface area contributed by atoms with Crippen molar-refractivity contribution in [3.05, 3.63) is 83.2 Å². The van der Waals surface area contributed by atoms with E-state index in [1.807, 2.05) is 60.1 Å². The van der Waals surface area contributed by atoms with Crippen molar-refractivity contribution in [1.82, 2.24) is 19.9 Å². The van der Waals surface area contributed by atoms with Gasteiger partial charge in [-0.3, -0.25) is 4.68 Å². The predicted molar refractivity (Wildman–Crippen MR) is 104 cm³/mol. The van der Waals surface area contributed by atoms with Crippen molar-refractivity contribution in [3.63, 3.8) is 0 Å². The average molecular weight is 359 g/mol. The zero-order chi connectivity index (χ0) is 18.6. The van der Waals surface area contributed by atoms with Crippen molar-refractivity contribution < 1.29 is 4.52 Å². The molecule has 0 aliphatic carbocycles. The Labute approximate surface area is 157 Å². The van der Waals surface area contributed by atoms with E-state index in [2.05, 4.69) is 39.6 Å². The Bertz CT molecular complexity index is 1020. The fourth-order valence-corrected chi connectivity index (χ4v) is 3.06. The third kappa shape index (κ3) is 3.74. The second kappa shape index (κ2) is 7.45. The monoisotopic (exact) mass is 359 g/mol. The quantitative estimate of drug-likeness (QED) is 0.558. The minimum absolute atomic E-state index is 0.475. The molecule has 0 saturated carbocycles. The van der Waals surface area contributed by atoms with E-state index in [0.29, 0.717) is 18.4 Å². The van der Waals surface area contributed by atoms with Gasteiger partial charge in [0.15, 0.2) is 0 Å². The lowest BCUT2D eigenvalue weighted by Crippen LogP contribution is -2.06. The molecular formula is C21H21N5O. The molecule has 0 saturated heterocycles.